The van der Waals surface area contributed by atoms with Crippen LogP contribution in [0.15, 0.2) is 24.3 Å². The fraction of sp³-hybridized carbons (Fsp3) is 0.100. The van der Waals surface area contributed by atoms with Gasteiger partial charge in [0.25, 0.3) is 5.91 Å². The molecule has 7 heteroatoms. The average molecular weight is 254 g/mol. The molecule has 0 saturated heterocycles. The first-order valence-corrected chi connectivity index (χ1v) is 6.50. The number of hydrogen-bond acceptors (Lipinski definition) is 4. The third kappa shape index (κ3) is 2.23. The van der Waals surface area contributed by atoms with Gasteiger partial charge in [0.2, 0.25) is 0 Å². The Morgan fingerprint density at radius 3 is 2.59 bits per heavy atom. The highest BCUT2D eigenvalue weighted by Crippen LogP contribution is 2.30. The maximum atomic E-state index is 11.2. The Kier molecular flexibility index (Phi) is 2.55. The van der Waals surface area contributed by atoms with Crippen LogP contribution < -0.4 is 9.92 Å². The summed E-state index contributed by atoms with van der Waals surface area (Å²) in [5.41, 5.74) is 5.68. The number of aromatic amines is 1. The van der Waals surface area contributed by atoms with E-state index in [4.69, 9.17) is 9.92 Å². The minimum atomic E-state index is -3.72. The standard InChI is InChI=1S/C10H10N2O4S/c1-17(14,15)16-9-6-4-2-3-5-7(6)12-8(9)10(11)13/h2-5,12H,1H3,(H2,11,13). The molecular weight excluding hydrogens is 244 g/mol. The Morgan fingerprint density at radius 1 is 1.35 bits per heavy atom. The first-order valence-electron chi connectivity index (χ1n) is 4.68. The molecule has 2 rings (SSSR count). The van der Waals surface area contributed by atoms with Crippen molar-refractivity contribution in [3.05, 3.63) is 30.0 Å². The maximum absolute atomic E-state index is 11.2. The van der Waals surface area contributed by atoms with Gasteiger partial charge in [-0.15, -0.1) is 0 Å². The zero-order valence-electron chi connectivity index (χ0n) is 8.93. The second-order valence-corrected chi connectivity index (χ2v) is 5.10. The number of rotatable bonds is 3. The number of fused-ring (bicyclic) bond motifs is 1. The fourth-order valence-electron chi connectivity index (χ4n) is 1.53. The minimum Gasteiger partial charge on any atom is -0.379 e. The number of para-hydroxylation sites is 1. The van der Waals surface area contributed by atoms with Crippen LogP contribution in [0.3, 0.4) is 0 Å². The van der Waals surface area contributed by atoms with Gasteiger partial charge in [-0.05, 0) is 12.1 Å². The predicted octanol–water partition coefficient (Wildman–Crippen LogP) is 0.605. The zero-order chi connectivity index (χ0) is 12.6. The van der Waals surface area contributed by atoms with Gasteiger partial charge in [0.1, 0.15) is 5.69 Å². The number of nitrogens with one attached hydrogen (secondary N) is 1. The van der Waals surface area contributed by atoms with E-state index in [1.54, 1.807) is 24.3 Å². The molecule has 6 nitrogen and oxygen atoms in total. The SMILES string of the molecule is CS(=O)(=O)Oc1c(C(N)=O)[nH]c2ccccc12. The number of carbonyl (C=O) groups excluding carboxylic acids is 1. The van der Waals surface area contributed by atoms with Crippen molar-refractivity contribution in [2.45, 2.75) is 0 Å². The quantitative estimate of drug-likeness (QED) is 0.783. The molecule has 0 aliphatic heterocycles. The van der Waals surface area contributed by atoms with E-state index in [1.807, 2.05) is 0 Å². The van der Waals surface area contributed by atoms with Crippen LogP contribution in [0.25, 0.3) is 10.9 Å². The molecule has 1 aromatic heterocycles. The molecule has 0 saturated carbocycles. The number of primary amides is 1. The van der Waals surface area contributed by atoms with Gasteiger partial charge in [-0.1, -0.05) is 12.1 Å². The van der Waals surface area contributed by atoms with E-state index in [1.165, 1.54) is 0 Å². The Bertz CT molecular complexity index is 687. The molecule has 1 heterocycles. The van der Waals surface area contributed by atoms with Gasteiger partial charge in [0, 0.05) is 10.9 Å². The highest BCUT2D eigenvalue weighted by Gasteiger charge is 2.20. The molecule has 2 aromatic rings. The summed E-state index contributed by atoms with van der Waals surface area (Å²) >= 11 is 0. The summed E-state index contributed by atoms with van der Waals surface area (Å²) in [5, 5.41) is 0.492. The normalized spacial score (nSPS) is 11.6. The summed E-state index contributed by atoms with van der Waals surface area (Å²) < 4.78 is 27.0. The topological polar surface area (TPSA) is 102 Å². The molecule has 0 unspecified atom stereocenters. The van der Waals surface area contributed by atoms with Crippen molar-refractivity contribution in [1.29, 1.82) is 0 Å². The minimum absolute atomic E-state index is 0.0587. The second kappa shape index (κ2) is 3.77. The number of carbonyl (C=O) groups is 1. The highest BCUT2D eigenvalue weighted by atomic mass is 32.2. The van der Waals surface area contributed by atoms with Crippen LogP contribution >= 0.6 is 0 Å². The van der Waals surface area contributed by atoms with Crippen LogP contribution in [-0.4, -0.2) is 25.6 Å². The van der Waals surface area contributed by atoms with E-state index in [9.17, 15) is 13.2 Å². The maximum Gasteiger partial charge on any atom is 0.306 e. The monoisotopic (exact) mass is 254 g/mol. The molecular formula is C10H10N2O4S. The lowest BCUT2D eigenvalue weighted by atomic mass is 10.2. The van der Waals surface area contributed by atoms with Crippen molar-refractivity contribution in [2.24, 2.45) is 5.73 Å². The van der Waals surface area contributed by atoms with Crippen molar-refractivity contribution in [3.8, 4) is 5.75 Å². The summed E-state index contributed by atoms with van der Waals surface area (Å²) in [6.45, 7) is 0. The number of nitrogens with two attached hydrogens (primary N) is 1. The van der Waals surface area contributed by atoms with Gasteiger partial charge < -0.3 is 14.9 Å². The van der Waals surface area contributed by atoms with E-state index in [-0.39, 0.29) is 11.4 Å². The van der Waals surface area contributed by atoms with Crippen LogP contribution in [0, 0.1) is 0 Å². The Balaban J connectivity index is 2.72. The molecule has 3 N–H and O–H groups in total. The smallest absolute Gasteiger partial charge is 0.306 e. The molecule has 0 fully saturated rings. The van der Waals surface area contributed by atoms with E-state index in [0.717, 1.165) is 6.26 Å². The third-order valence-corrected chi connectivity index (χ3v) is 2.61. The van der Waals surface area contributed by atoms with Gasteiger partial charge in [0.15, 0.2) is 5.75 Å². The molecule has 0 aliphatic rings. The van der Waals surface area contributed by atoms with Gasteiger partial charge in [-0.25, -0.2) is 0 Å². The van der Waals surface area contributed by atoms with Crippen LogP contribution in [0.1, 0.15) is 10.5 Å². The Morgan fingerprint density at radius 2 is 2.00 bits per heavy atom. The van der Waals surface area contributed by atoms with E-state index < -0.39 is 16.0 Å². The zero-order valence-corrected chi connectivity index (χ0v) is 9.74. The summed E-state index contributed by atoms with van der Waals surface area (Å²) in [5.74, 6) is -0.838. The molecule has 0 bridgehead atoms. The molecule has 17 heavy (non-hydrogen) atoms. The van der Waals surface area contributed by atoms with E-state index >= 15 is 0 Å². The lowest BCUT2D eigenvalue weighted by molar-refractivity contribution is 0.0995. The molecule has 1 aromatic carbocycles. The fourth-order valence-corrected chi connectivity index (χ4v) is 2.00. The molecule has 1 amide bonds. The average Bonchev–Trinajstić information content (AvgIpc) is 2.55. The van der Waals surface area contributed by atoms with Crippen LogP contribution in [0.4, 0.5) is 0 Å². The summed E-state index contributed by atoms with van der Waals surface area (Å²) in [6.07, 6.45) is 0.902. The van der Waals surface area contributed by atoms with Crippen molar-refractivity contribution in [3.63, 3.8) is 0 Å². The van der Waals surface area contributed by atoms with Gasteiger partial charge in [0.05, 0.1) is 6.26 Å². The molecule has 0 radical (unpaired) electrons. The first-order chi connectivity index (χ1) is 7.88. The molecule has 90 valence electrons. The Hall–Kier alpha value is -2.02. The van der Waals surface area contributed by atoms with Crippen molar-refractivity contribution in [2.75, 3.05) is 6.26 Å². The number of benzene rings is 1. The number of hydrogen-bond donors (Lipinski definition) is 2. The highest BCUT2D eigenvalue weighted by molar-refractivity contribution is 7.86. The number of amides is 1. The number of H-pyrrole nitrogens is 1. The van der Waals surface area contributed by atoms with Gasteiger partial charge in [-0.2, -0.15) is 8.42 Å². The van der Waals surface area contributed by atoms with E-state index in [2.05, 4.69) is 4.98 Å². The summed E-state index contributed by atoms with van der Waals surface area (Å²) in [6, 6.07) is 6.78. The largest absolute Gasteiger partial charge is 0.379 e. The van der Waals surface area contributed by atoms with Crippen molar-refractivity contribution in [1.82, 2.24) is 4.98 Å². The second-order valence-electron chi connectivity index (χ2n) is 3.53. The first kappa shape index (κ1) is 11.5. The number of aromatic nitrogens is 1. The van der Waals surface area contributed by atoms with Crippen LogP contribution in [0.5, 0.6) is 5.75 Å². The predicted molar refractivity (Wildman–Crippen MR) is 62.3 cm³/mol. The molecule has 0 atom stereocenters. The lowest BCUT2D eigenvalue weighted by Gasteiger charge is -2.02. The Labute approximate surface area is 97.5 Å². The van der Waals surface area contributed by atoms with Gasteiger partial charge >= 0.3 is 10.1 Å². The van der Waals surface area contributed by atoms with Crippen LogP contribution in [0.2, 0.25) is 0 Å². The molecule has 0 aliphatic carbocycles. The molecule has 0 spiro atoms. The van der Waals surface area contributed by atoms with Crippen molar-refractivity contribution >= 4 is 26.9 Å². The van der Waals surface area contributed by atoms with E-state index in [0.29, 0.717) is 10.9 Å². The summed E-state index contributed by atoms with van der Waals surface area (Å²) in [4.78, 5) is 13.9. The summed E-state index contributed by atoms with van der Waals surface area (Å²) in [7, 11) is -3.72. The lowest BCUT2D eigenvalue weighted by Crippen LogP contribution is -2.15. The third-order valence-electron chi connectivity index (χ3n) is 2.14. The van der Waals surface area contributed by atoms with Gasteiger partial charge in [-0.3, -0.25) is 4.79 Å². The van der Waals surface area contributed by atoms with Crippen molar-refractivity contribution < 1.29 is 17.4 Å². The van der Waals surface area contributed by atoms with Crippen LogP contribution in [-0.2, 0) is 10.1 Å².